The van der Waals surface area contributed by atoms with Crippen molar-refractivity contribution in [3.8, 4) is 0 Å². The highest BCUT2D eigenvalue weighted by molar-refractivity contribution is 9.10. The van der Waals surface area contributed by atoms with Gasteiger partial charge in [0, 0.05) is 10.5 Å². The molecule has 0 amide bonds. The second kappa shape index (κ2) is 3.88. The molecule has 2 N–H and O–H groups in total. The van der Waals surface area contributed by atoms with Gasteiger partial charge in [-0.25, -0.2) is 0 Å². The van der Waals surface area contributed by atoms with Gasteiger partial charge in [0.2, 0.25) is 0 Å². The fourth-order valence-electron chi connectivity index (χ4n) is 0.946. The summed E-state index contributed by atoms with van der Waals surface area (Å²) in [6, 6.07) is 8.33. The molecule has 1 aromatic carbocycles. The van der Waals surface area contributed by atoms with Crippen LogP contribution in [0.4, 0.5) is 0 Å². The topological polar surface area (TPSA) is 26.0 Å². The Balaban J connectivity index is 2.81. The van der Waals surface area contributed by atoms with Crippen LogP contribution in [0.3, 0.4) is 0 Å². The standard InChI is InChI=1S/C9H12BrN/c1-2-9(11)7-3-5-8(10)6-4-7/h3-6,9H,2,11H2,1H3/t9-/m0/s1. The van der Waals surface area contributed by atoms with Gasteiger partial charge in [0.15, 0.2) is 0 Å². The van der Waals surface area contributed by atoms with Crippen molar-refractivity contribution in [3.63, 3.8) is 0 Å². The number of hydrogen-bond acceptors (Lipinski definition) is 1. The van der Waals surface area contributed by atoms with Gasteiger partial charge >= 0.3 is 0 Å². The molecule has 2 heteroatoms. The molecule has 0 aliphatic carbocycles. The monoisotopic (exact) mass is 213 g/mol. The van der Waals surface area contributed by atoms with Crippen molar-refractivity contribution in [1.29, 1.82) is 0 Å². The van der Waals surface area contributed by atoms with Gasteiger partial charge in [-0.1, -0.05) is 35.0 Å². The lowest BCUT2D eigenvalue weighted by atomic mass is 10.1. The Hall–Kier alpha value is -0.340. The summed E-state index contributed by atoms with van der Waals surface area (Å²) in [5.74, 6) is 0. The Labute approximate surface area is 75.7 Å². The van der Waals surface area contributed by atoms with Crippen LogP contribution < -0.4 is 5.73 Å². The summed E-state index contributed by atoms with van der Waals surface area (Å²) in [5.41, 5.74) is 7.03. The Morgan fingerprint density at radius 2 is 1.91 bits per heavy atom. The first kappa shape index (κ1) is 8.75. The van der Waals surface area contributed by atoms with Gasteiger partial charge < -0.3 is 5.73 Å². The van der Waals surface area contributed by atoms with Crippen LogP contribution in [0.15, 0.2) is 28.7 Å². The smallest absolute Gasteiger partial charge is 0.0292 e. The molecular formula is C9H12BrN. The minimum absolute atomic E-state index is 0.183. The van der Waals surface area contributed by atoms with Crippen LogP contribution in [-0.2, 0) is 0 Å². The third kappa shape index (κ3) is 2.31. The van der Waals surface area contributed by atoms with Gasteiger partial charge in [-0.05, 0) is 24.1 Å². The van der Waals surface area contributed by atoms with Gasteiger partial charge in [-0.15, -0.1) is 0 Å². The van der Waals surface area contributed by atoms with Crippen LogP contribution in [0.2, 0.25) is 0 Å². The maximum Gasteiger partial charge on any atom is 0.0292 e. The van der Waals surface area contributed by atoms with E-state index in [-0.39, 0.29) is 6.04 Å². The highest BCUT2D eigenvalue weighted by atomic mass is 79.9. The van der Waals surface area contributed by atoms with E-state index in [0.717, 1.165) is 10.9 Å². The lowest BCUT2D eigenvalue weighted by molar-refractivity contribution is 0.698. The van der Waals surface area contributed by atoms with Crippen LogP contribution in [0, 0.1) is 0 Å². The zero-order chi connectivity index (χ0) is 8.27. The first-order valence-electron chi connectivity index (χ1n) is 3.75. The first-order valence-corrected chi connectivity index (χ1v) is 4.54. The minimum Gasteiger partial charge on any atom is -0.324 e. The predicted octanol–water partition coefficient (Wildman–Crippen LogP) is 2.86. The van der Waals surface area contributed by atoms with E-state index in [9.17, 15) is 0 Å². The summed E-state index contributed by atoms with van der Waals surface area (Å²) in [6.07, 6.45) is 0.988. The number of hydrogen-bond donors (Lipinski definition) is 1. The highest BCUT2D eigenvalue weighted by Crippen LogP contribution is 2.16. The quantitative estimate of drug-likeness (QED) is 0.804. The fraction of sp³-hybridized carbons (Fsp3) is 0.333. The molecule has 0 unspecified atom stereocenters. The Morgan fingerprint density at radius 1 is 1.36 bits per heavy atom. The average Bonchev–Trinajstić information content (AvgIpc) is 2.05. The summed E-state index contributed by atoms with van der Waals surface area (Å²) in [5, 5.41) is 0. The van der Waals surface area contributed by atoms with Gasteiger partial charge in [0.1, 0.15) is 0 Å². The second-order valence-corrected chi connectivity index (χ2v) is 3.48. The molecule has 0 saturated carbocycles. The second-order valence-electron chi connectivity index (χ2n) is 2.57. The molecule has 1 rings (SSSR count). The van der Waals surface area contributed by atoms with Crippen LogP contribution in [0.25, 0.3) is 0 Å². The van der Waals surface area contributed by atoms with E-state index in [4.69, 9.17) is 5.73 Å². The molecule has 0 heterocycles. The van der Waals surface area contributed by atoms with Crippen LogP contribution in [0.1, 0.15) is 24.9 Å². The van der Waals surface area contributed by atoms with Crippen molar-refractivity contribution in [3.05, 3.63) is 34.3 Å². The molecule has 0 aliphatic heterocycles. The molecule has 60 valence electrons. The van der Waals surface area contributed by atoms with Crippen LogP contribution in [0.5, 0.6) is 0 Å². The maximum atomic E-state index is 5.83. The largest absolute Gasteiger partial charge is 0.324 e. The summed E-state index contributed by atoms with van der Waals surface area (Å²) < 4.78 is 1.10. The van der Waals surface area contributed by atoms with E-state index >= 15 is 0 Å². The fourth-order valence-corrected chi connectivity index (χ4v) is 1.21. The zero-order valence-corrected chi connectivity index (χ0v) is 8.14. The molecule has 0 radical (unpaired) electrons. The first-order chi connectivity index (χ1) is 5.24. The summed E-state index contributed by atoms with van der Waals surface area (Å²) >= 11 is 3.38. The Kier molecular flexibility index (Phi) is 3.09. The van der Waals surface area contributed by atoms with E-state index in [1.807, 2.05) is 12.1 Å². The lowest BCUT2D eigenvalue weighted by Crippen LogP contribution is -2.07. The minimum atomic E-state index is 0.183. The third-order valence-corrected chi connectivity index (χ3v) is 2.27. The molecule has 1 nitrogen and oxygen atoms in total. The SMILES string of the molecule is CC[C@H](N)c1ccc(Br)cc1. The predicted molar refractivity (Wildman–Crippen MR) is 51.4 cm³/mol. The molecule has 0 saturated heterocycles. The molecule has 0 aromatic heterocycles. The molecule has 0 fully saturated rings. The third-order valence-electron chi connectivity index (χ3n) is 1.74. The number of nitrogens with two attached hydrogens (primary N) is 1. The normalized spacial score (nSPS) is 13.0. The maximum absolute atomic E-state index is 5.83. The van der Waals surface area contributed by atoms with Crippen LogP contribution >= 0.6 is 15.9 Å². The van der Waals surface area contributed by atoms with Crippen molar-refractivity contribution < 1.29 is 0 Å². The number of benzene rings is 1. The van der Waals surface area contributed by atoms with Crippen LogP contribution in [-0.4, -0.2) is 0 Å². The highest BCUT2D eigenvalue weighted by Gasteiger charge is 2.00. The molecule has 1 atom stereocenters. The van der Waals surface area contributed by atoms with Gasteiger partial charge in [0.25, 0.3) is 0 Å². The van der Waals surface area contributed by atoms with E-state index < -0.39 is 0 Å². The van der Waals surface area contributed by atoms with E-state index in [1.165, 1.54) is 5.56 Å². The summed E-state index contributed by atoms with van der Waals surface area (Å²) in [6.45, 7) is 2.09. The molecule has 11 heavy (non-hydrogen) atoms. The van der Waals surface area contributed by atoms with Crippen molar-refractivity contribution in [2.24, 2.45) is 5.73 Å². The average molecular weight is 214 g/mol. The Morgan fingerprint density at radius 3 is 2.36 bits per heavy atom. The summed E-state index contributed by atoms with van der Waals surface area (Å²) in [7, 11) is 0. The van der Waals surface area contributed by atoms with Gasteiger partial charge in [0.05, 0.1) is 0 Å². The molecular weight excluding hydrogens is 202 g/mol. The molecule has 0 aliphatic rings. The number of halogens is 1. The lowest BCUT2D eigenvalue weighted by Gasteiger charge is -2.07. The summed E-state index contributed by atoms with van der Waals surface area (Å²) in [4.78, 5) is 0. The zero-order valence-electron chi connectivity index (χ0n) is 6.55. The molecule has 0 bridgehead atoms. The van der Waals surface area contributed by atoms with E-state index in [1.54, 1.807) is 0 Å². The van der Waals surface area contributed by atoms with Gasteiger partial charge in [-0.2, -0.15) is 0 Å². The van der Waals surface area contributed by atoms with Crippen molar-refractivity contribution in [1.82, 2.24) is 0 Å². The van der Waals surface area contributed by atoms with Crippen molar-refractivity contribution in [2.45, 2.75) is 19.4 Å². The molecule has 0 spiro atoms. The van der Waals surface area contributed by atoms with E-state index in [0.29, 0.717) is 0 Å². The Bertz CT molecular complexity index is 218. The van der Waals surface area contributed by atoms with Crippen molar-refractivity contribution >= 4 is 15.9 Å². The molecule has 1 aromatic rings. The van der Waals surface area contributed by atoms with Gasteiger partial charge in [-0.3, -0.25) is 0 Å². The van der Waals surface area contributed by atoms with Crippen molar-refractivity contribution in [2.75, 3.05) is 0 Å². The number of rotatable bonds is 2. The van der Waals surface area contributed by atoms with E-state index in [2.05, 4.69) is 35.0 Å².